The van der Waals surface area contributed by atoms with Crippen LogP contribution in [0.3, 0.4) is 0 Å². The van der Waals surface area contributed by atoms with Crippen LogP contribution in [0.15, 0.2) is 18.3 Å². The van der Waals surface area contributed by atoms with Gasteiger partial charge in [0.1, 0.15) is 0 Å². The van der Waals surface area contributed by atoms with Gasteiger partial charge in [0, 0.05) is 12.1 Å². The summed E-state index contributed by atoms with van der Waals surface area (Å²) in [5.74, 6) is -0.435. The number of aromatic nitrogens is 1. The first-order valence-electron chi connectivity index (χ1n) is 5.85. The molecule has 16 heavy (non-hydrogen) atoms. The van der Waals surface area contributed by atoms with Crippen LogP contribution in [0, 0.1) is 5.95 Å². The standard InChI is InChI=1S/C12H18FN3/c1-9(7-10-3-2-6-14-10)16-11-4-5-12(13)15-8-11/h4-5,8-10,14,16H,2-3,6-7H2,1H3. The van der Waals surface area contributed by atoms with Gasteiger partial charge in [-0.15, -0.1) is 0 Å². The molecule has 1 aromatic heterocycles. The summed E-state index contributed by atoms with van der Waals surface area (Å²) < 4.78 is 12.6. The second-order valence-electron chi connectivity index (χ2n) is 4.44. The number of hydrogen-bond donors (Lipinski definition) is 2. The minimum atomic E-state index is -0.435. The van der Waals surface area contributed by atoms with Gasteiger partial charge in [0.15, 0.2) is 0 Å². The summed E-state index contributed by atoms with van der Waals surface area (Å²) in [6.45, 7) is 3.28. The third kappa shape index (κ3) is 3.17. The minimum Gasteiger partial charge on any atom is -0.381 e. The van der Waals surface area contributed by atoms with Crippen molar-refractivity contribution in [2.75, 3.05) is 11.9 Å². The van der Waals surface area contributed by atoms with E-state index in [1.54, 1.807) is 6.07 Å². The highest BCUT2D eigenvalue weighted by Crippen LogP contribution is 2.14. The molecule has 0 spiro atoms. The maximum Gasteiger partial charge on any atom is 0.212 e. The van der Waals surface area contributed by atoms with Crippen LogP contribution in [0.2, 0.25) is 0 Å². The largest absolute Gasteiger partial charge is 0.381 e. The van der Waals surface area contributed by atoms with Crippen molar-refractivity contribution in [1.82, 2.24) is 10.3 Å². The quantitative estimate of drug-likeness (QED) is 0.768. The highest BCUT2D eigenvalue weighted by atomic mass is 19.1. The van der Waals surface area contributed by atoms with E-state index in [0.717, 1.165) is 18.7 Å². The van der Waals surface area contributed by atoms with Crippen LogP contribution in [0.5, 0.6) is 0 Å². The molecule has 1 aliphatic heterocycles. The molecule has 3 nitrogen and oxygen atoms in total. The van der Waals surface area contributed by atoms with E-state index in [-0.39, 0.29) is 0 Å². The molecule has 0 aromatic carbocycles. The molecule has 2 N–H and O–H groups in total. The van der Waals surface area contributed by atoms with E-state index < -0.39 is 5.95 Å². The maximum absolute atomic E-state index is 12.6. The molecule has 2 heterocycles. The Morgan fingerprint density at radius 2 is 2.50 bits per heavy atom. The molecule has 1 aromatic rings. The van der Waals surface area contributed by atoms with E-state index in [4.69, 9.17) is 0 Å². The van der Waals surface area contributed by atoms with Gasteiger partial charge in [-0.25, -0.2) is 4.98 Å². The zero-order valence-electron chi connectivity index (χ0n) is 9.54. The predicted octanol–water partition coefficient (Wildman–Crippen LogP) is 2.16. The van der Waals surface area contributed by atoms with Crippen molar-refractivity contribution in [2.45, 2.75) is 38.3 Å². The molecule has 0 bridgehead atoms. The van der Waals surface area contributed by atoms with Gasteiger partial charge in [0.25, 0.3) is 0 Å². The molecular weight excluding hydrogens is 205 g/mol. The van der Waals surface area contributed by atoms with Gasteiger partial charge in [-0.2, -0.15) is 4.39 Å². The number of anilines is 1. The van der Waals surface area contributed by atoms with Gasteiger partial charge in [0.2, 0.25) is 5.95 Å². The lowest BCUT2D eigenvalue weighted by atomic mass is 10.1. The van der Waals surface area contributed by atoms with Gasteiger partial charge in [0.05, 0.1) is 11.9 Å². The van der Waals surface area contributed by atoms with Crippen molar-refractivity contribution in [1.29, 1.82) is 0 Å². The normalized spacial score (nSPS) is 22.0. The van der Waals surface area contributed by atoms with E-state index in [1.165, 1.54) is 25.1 Å². The molecule has 88 valence electrons. The van der Waals surface area contributed by atoms with Crippen LogP contribution < -0.4 is 10.6 Å². The van der Waals surface area contributed by atoms with Crippen molar-refractivity contribution in [3.05, 3.63) is 24.3 Å². The topological polar surface area (TPSA) is 37.0 Å². The number of nitrogens with one attached hydrogen (secondary N) is 2. The van der Waals surface area contributed by atoms with Crippen LogP contribution in [-0.2, 0) is 0 Å². The van der Waals surface area contributed by atoms with Crippen LogP contribution in [-0.4, -0.2) is 23.6 Å². The second-order valence-corrected chi connectivity index (χ2v) is 4.44. The van der Waals surface area contributed by atoms with E-state index in [1.807, 2.05) is 0 Å². The van der Waals surface area contributed by atoms with E-state index in [9.17, 15) is 4.39 Å². The number of hydrogen-bond acceptors (Lipinski definition) is 3. The summed E-state index contributed by atoms with van der Waals surface area (Å²) in [6.07, 6.45) is 5.16. The Labute approximate surface area is 95.5 Å². The van der Waals surface area contributed by atoms with Crippen molar-refractivity contribution < 1.29 is 4.39 Å². The summed E-state index contributed by atoms with van der Waals surface area (Å²) in [5, 5.41) is 6.79. The molecule has 0 radical (unpaired) electrons. The summed E-state index contributed by atoms with van der Waals surface area (Å²) in [4.78, 5) is 3.62. The Morgan fingerprint density at radius 3 is 3.12 bits per heavy atom. The van der Waals surface area contributed by atoms with E-state index in [0.29, 0.717) is 12.1 Å². The molecule has 4 heteroatoms. The fraction of sp³-hybridized carbons (Fsp3) is 0.583. The lowest BCUT2D eigenvalue weighted by molar-refractivity contribution is 0.523. The monoisotopic (exact) mass is 223 g/mol. The summed E-state index contributed by atoms with van der Waals surface area (Å²) in [7, 11) is 0. The number of pyridine rings is 1. The predicted molar refractivity (Wildman–Crippen MR) is 62.9 cm³/mol. The van der Waals surface area contributed by atoms with Gasteiger partial charge in [-0.3, -0.25) is 0 Å². The maximum atomic E-state index is 12.6. The smallest absolute Gasteiger partial charge is 0.212 e. The number of rotatable bonds is 4. The lowest BCUT2D eigenvalue weighted by Gasteiger charge is -2.19. The Hall–Kier alpha value is -1.16. The third-order valence-corrected chi connectivity index (χ3v) is 2.94. The fourth-order valence-electron chi connectivity index (χ4n) is 2.19. The van der Waals surface area contributed by atoms with Crippen LogP contribution >= 0.6 is 0 Å². The van der Waals surface area contributed by atoms with Crippen molar-refractivity contribution >= 4 is 5.69 Å². The van der Waals surface area contributed by atoms with Gasteiger partial charge < -0.3 is 10.6 Å². The Balaban J connectivity index is 1.81. The number of halogens is 1. The van der Waals surface area contributed by atoms with E-state index >= 15 is 0 Å². The van der Waals surface area contributed by atoms with Crippen LogP contribution in [0.4, 0.5) is 10.1 Å². The first-order chi connectivity index (χ1) is 7.74. The van der Waals surface area contributed by atoms with Crippen LogP contribution in [0.1, 0.15) is 26.2 Å². The first kappa shape index (κ1) is 11.3. The summed E-state index contributed by atoms with van der Waals surface area (Å²) in [6, 6.07) is 4.10. The second kappa shape index (κ2) is 5.25. The first-order valence-corrected chi connectivity index (χ1v) is 5.85. The van der Waals surface area contributed by atoms with E-state index in [2.05, 4.69) is 22.5 Å². The highest BCUT2D eigenvalue weighted by Gasteiger charge is 2.16. The average Bonchev–Trinajstić information content (AvgIpc) is 2.74. The Morgan fingerprint density at radius 1 is 1.62 bits per heavy atom. The SMILES string of the molecule is CC(CC1CCCN1)Nc1ccc(F)nc1. The fourth-order valence-corrected chi connectivity index (χ4v) is 2.19. The Bertz CT molecular complexity index is 320. The zero-order chi connectivity index (χ0) is 11.4. The molecule has 2 unspecified atom stereocenters. The van der Waals surface area contributed by atoms with Crippen molar-refractivity contribution in [3.8, 4) is 0 Å². The Kier molecular flexibility index (Phi) is 3.72. The molecular formula is C12H18FN3. The molecule has 0 saturated carbocycles. The van der Waals surface area contributed by atoms with Gasteiger partial charge in [-0.05, 0) is 44.9 Å². The number of nitrogens with zero attached hydrogens (tertiary/aromatic N) is 1. The lowest BCUT2D eigenvalue weighted by Crippen LogP contribution is -2.29. The van der Waals surface area contributed by atoms with Crippen molar-refractivity contribution in [2.24, 2.45) is 0 Å². The average molecular weight is 223 g/mol. The van der Waals surface area contributed by atoms with Crippen LogP contribution in [0.25, 0.3) is 0 Å². The highest BCUT2D eigenvalue weighted by molar-refractivity contribution is 5.40. The van der Waals surface area contributed by atoms with Crippen molar-refractivity contribution in [3.63, 3.8) is 0 Å². The van der Waals surface area contributed by atoms with Gasteiger partial charge >= 0.3 is 0 Å². The molecule has 2 rings (SSSR count). The summed E-state index contributed by atoms with van der Waals surface area (Å²) >= 11 is 0. The molecule has 1 fully saturated rings. The zero-order valence-corrected chi connectivity index (χ0v) is 9.54. The molecule has 0 aliphatic carbocycles. The third-order valence-electron chi connectivity index (χ3n) is 2.94. The molecule has 1 aliphatic rings. The summed E-state index contributed by atoms with van der Waals surface area (Å²) in [5.41, 5.74) is 0.881. The van der Waals surface area contributed by atoms with Gasteiger partial charge in [-0.1, -0.05) is 0 Å². The molecule has 1 saturated heterocycles. The molecule has 0 amide bonds. The molecule has 2 atom stereocenters. The minimum absolute atomic E-state index is 0.378.